The van der Waals surface area contributed by atoms with Crippen LogP contribution in [0.1, 0.15) is 6.92 Å². The molecule has 28 heavy (non-hydrogen) atoms. The van der Waals surface area contributed by atoms with Crippen molar-refractivity contribution in [2.45, 2.75) is 20.0 Å². The van der Waals surface area contributed by atoms with Crippen LogP contribution in [0.25, 0.3) is 11.2 Å². The van der Waals surface area contributed by atoms with Gasteiger partial charge in [-0.05, 0) is 30.2 Å². The van der Waals surface area contributed by atoms with E-state index in [1.165, 1.54) is 9.13 Å². The SMILES string of the molecule is COCCn1c(=O)c2c(nc3n2CC(C)CN3c2ccc(Cl)cc2)n(C)c1=O. The van der Waals surface area contributed by atoms with Gasteiger partial charge in [-0.15, -0.1) is 0 Å². The van der Waals surface area contributed by atoms with Crippen molar-refractivity contribution in [3.63, 3.8) is 0 Å². The predicted molar refractivity (Wildman–Crippen MR) is 109 cm³/mol. The lowest BCUT2D eigenvalue weighted by Gasteiger charge is -2.33. The quantitative estimate of drug-likeness (QED) is 0.666. The molecular weight excluding hydrogens is 382 g/mol. The average molecular weight is 404 g/mol. The molecule has 2 aromatic heterocycles. The van der Waals surface area contributed by atoms with Crippen LogP contribution in [0.15, 0.2) is 33.9 Å². The van der Waals surface area contributed by atoms with Crippen molar-refractivity contribution in [1.82, 2.24) is 18.7 Å². The summed E-state index contributed by atoms with van der Waals surface area (Å²) < 4.78 is 9.62. The number of halogens is 1. The molecule has 0 bridgehead atoms. The largest absolute Gasteiger partial charge is 0.383 e. The summed E-state index contributed by atoms with van der Waals surface area (Å²) in [4.78, 5) is 32.5. The maximum absolute atomic E-state index is 13.1. The monoisotopic (exact) mass is 403 g/mol. The maximum atomic E-state index is 13.1. The fourth-order valence-electron chi connectivity index (χ4n) is 3.72. The lowest BCUT2D eigenvalue weighted by atomic mass is 10.1. The number of ether oxygens (including phenoxy) is 1. The zero-order valence-corrected chi connectivity index (χ0v) is 16.8. The lowest BCUT2D eigenvalue weighted by Crippen LogP contribution is -2.41. The first-order valence-electron chi connectivity index (χ1n) is 9.14. The van der Waals surface area contributed by atoms with Crippen molar-refractivity contribution in [2.75, 3.05) is 25.2 Å². The molecule has 9 heteroatoms. The molecule has 0 aliphatic carbocycles. The Morgan fingerprint density at radius 2 is 1.93 bits per heavy atom. The molecule has 1 unspecified atom stereocenters. The van der Waals surface area contributed by atoms with Crippen LogP contribution in [0.4, 0.5) is 11.6 Å². The Balaban J connectivity index is 1.96. The molecule has 148 valence electrons. The standard InChI is InChI=1S/C19H22ClN5O3/c1-12-10-24(14-6-4-13(20)5-7-14)18-21-16-15(25(18)11-12)17(26)23(8-9-28-3)19(27)22(16)2/h4-7,12H,8-11H2,1-3H3. The van der Waals surface area contributed by atoms with Gasteiger partial charge in [0.1, 0.15) is 0 Å². The number of fused-ring (bicyclic) bond motifs is 3. The van der Waals surface area contributed by atoms with Crippen molar-refractivity contribution >= 4 is 34.4 Å². The number of hydrogen-bond donors (Lipinski definition) is 0. The third-order valence-electron chi connectivity index (χ3n) is 5.10. The highest BCUT2D eigenvalue weighted by atomic mass is 35.5. The number of benzene rings is 1. The summed E-state index contributed by atoms with van der Waals surface area (Å²) in [6, 6.07) is 7.52. The molecule has 1 atom stereocenters. The fourth-order valence-corrected chi connectivity index (χ4v) is 3.85. The first kappa shape index (κ1) is 18.8. The van der Waals surface area contributed by atoms with E-state index in [0.29, 0.717) is 34.6 Å². The van der Waals surface area contributed by atoms with Gasteiger partial charge in [0, 0.05) is 38.0 Å². The average Bonchev–Trinajstić information content (AvgIpc) is 3.06. The minimum atomic E-state index is -0.393. The summed E-state index contributed by atoms with van der Waals surface area (Å²) in [5, 5.41) is 0.658. The summed E-state index contributed by atoms with van der Waals surface area (Å²) in [6.45, 7) is 4.04. The Hall–Kier alpha value is -2.58. The second-order valence-corrected chi connectivity index (χ2v) is 7.61. The zero-order valence-electron chi connectivity index (χ0n) is 16.1. The highest BCUT2D eigenvalue weighted by molar-refractivity contribution is 6.30. The predicted octanol–water partition coefficient (Wildman–Crippen LogP) is 1.98. The summed E-state index contributed by atoms with van der Waals surface area (Å²) in [7, 11) is 3.18. The number of nitrogens with zero attached hydrogens (tertiary/aromatic N) is 5. The first-order valence-corrected chi connectivity index (χ1v) is 9.52. The van der Waals surface area contributed by atoms with Crippen molar-refractivity contribution in [2.24, 2.45) is 13.0 Å². The highest BCUT2D eigenvalue weighted by Crippen LogP contribution is 2.33. The van der Waals surface area contributed by atoms with E-state index in [2.05, 4.69) is 16.8 Å². The second-order valence-electron chi connectivity index (χ2n) is 7.18. The molecule has 0 saturated heterocycles. The highest BCUT2D eigenvalue weighted by Gasteiger charge is 2.29. The molecule has 3 aromatic rings. The van der Waals surface area contributed by atoms with Gasteiger partial charge in [0.15, 0.2) is 11.2 Å². The fraction of sp³-hybridized carbons (Fsp3) is 0.421. The van der Waals surface area contributed by atoms with Crippen molar-refractivity contribution < 1.29 is 4.74 Å². The maximum Gasteiger partial charge on any atom is 0.332 e. The number of aryl methyl sites for hydroxylation is 1. The molecule has 1 aliphatic rings. The van der Waals surface area contributed by atoms with Crippen LogP contribution in [0.5, 0.6) is 0 Å². The van der Waals surface area contributed by atoms with Gasteiger partial charge in [-0.1, -0.05) is 18.5 Å². The summed E-state index contributed by atoms with van der Waals surface area (Å²) in [5.41, 5.74) is 1.05. The van der Waals surface area contributed by atoms with Gasteiger partial charge in [-0.2, -0.15) is 4.98 Å². The van der Waals surface area contributed by atoms with Gasteiger partial charge >= 0.3 is 5.69 Å². The molecular formula is C19H22ClN5O3. The van der Waals surface area contributed by atoms with Gasteiger partial charge in [0.2, 0.25) is 5.95 Å². The Kier molecular flexibility index (Phi) is 4.76. The molecule has 0 spiro atoms. The Bertz CT molecular complexity index is 1150. The Labute approximate surface area is 166 Å². The molecule has 1 aromatic carbocycles. The third kappa shape index (κ3) is 2.93. The van der Waals surface area contributed by atoms with E-state index in [0.717, 1.165) is 12.2 Å². The smallest absolute Gasteiger partial charge is 0.332 e. The lowest BCUT2D eigenvalue weighted by molar-refractivity contribution is 0.184. The van der Waals surface area contributed by atoms with E-state index in [9.17, 15) is 9.59 Å². The van der Waals surface area contributed by atoms with E-state index in [4.69, 9.17) is 16.3 Å². The van der Waals surface area contributed by atoms with Crippen LogP contribution < -0.4 is 16.1 Å². The summed E-state index contributed by atoms with van der Waals surface area (Å²) in [5.74, 6) is 0.955. The molecule has 0 fully saturated rings. The van der Waals surface area contributed by atoms with Gasteiger partial charge in [0.25, 0.3) is 5.56 Å². The number of methoxy groups -OCH3 is 1. The summed E-state index contributed by atoms with van der Waals surface area (Å²) >= 11 is 6.03. The first-order chi connectivity index (χ1) is 13.4. The van der Waals surface area contributed by atoms with Gasteiger partial charge in [-0.3, -0.25) is 13.9 Å². The van der Waals surface area contributed by atoms with E-state index >= 15 is 0 Å². The topological polar surface area (TPSA) is 74.3 Å². The van der Waals surface area contributed by atoms with Crippen LogP contribution in [0.3, 0.4) is 0 Å². The van der Waals surface area contributed by atoms with Crippen molar-refractivity contribution in [3.05, 3.63) is 50.1 Å². The number of rotatable bonds is 4. The third-order valence-corrected chi connectivity index (χ3v) is 5.35. The van der Waals surface area contributed by atoms with E-state index in [1.54, 1.807) is 14.2 Å². The van der Waals surface area contributed by atoms with Gasteiger partial charge < -0.3 is 14.2 Å². The number of imidazole rings is 1. The van der Waals surface area contributed by atoms with Crippen LogP contribution >= 0.6 is 11.6 Å². The number of anilines is 2. The van der Waals surface area contributed by atoms with Crippen LogP contribution in [0.2, 0.25) is 5.02 Å². The Morgan fingerprint density at radius 3 is 2.61 bits per heavy atom. The second kappa shape index (κ2) is 7.10. The minimum Gasteiger partial charge on any atom is -0.383 e. The molecule has 0 saturated carbocycles. The van der Waals surface area contributed by atoms with Crippen molar-refractivity contribution in [1.29, 1.82) is 0 Å². The van der Waals surface area contributed by atoms with Gasteiger partial charge in [-0.25, -0.2) is 4.79 Å². The molecule has 0 amide bonds. The normalized spacial score (nSPS) is 16.6. The van der Waals surface area contributed by atoms with E-state index in [-0.39, 0.29) is 18.7 Å². The van der Waals surface area contributed by atoms with E-state index in [1.807, 2.05) is 28.8 Å². The number of hydrogen-bond acceptors (Lipinski definition) is 5. The number of aromatic nitrogens is 4. The summed E-state index contributed by atoms with van der Waals surface area (Å²) in [6.07, 6.45) is 0. The van der Waals surface area contributed by atoms with Crippen LogP contribution in [-0.2, 0) is 24.9 Å². The van der Waals surface area contributed by atoms with Crippen LogP contribution in [-0.4, -0.2) is 38.9 Å². The van der Waals surface area contributed by atoms with Gasteiger partial charge in [0.05, 0.1) is 13.2 Å². The molecule has 8 nitrogen and oxygen atoms in total. The molecule has 4 rings (SSSR count). The molecule has 0 N–H and O–H groups in total. The van der Waals surface area contributed by atoms with Crippen molar-refractivity contribution in [3.8, 4) is 0 Å². The molecule has 0 radical (unpaired) electrons. The Morgan fingerprint density at radius 1 is 1.21 bits per heavy atom. The molecule has 1 aliphatic heterocycles. The van der Waals surface area contributed by atoms with Crippen LogP contribution in [0, 0.1) is 5.92 Å². The van der Waals surface area contributed by atoms with E-state index < -0.39 is 5.69 Å². The molecule has 3 heterocycles. The minimum absolute atomic E-state index is 0.203. The zero-order chi connectivity index (χ0) is 20.0.